The highest BCUT2D eigenvalue weighted by molar-refractivity contribution is 6.00. The molecule has 5 nitrogen and oxygen atoms in total. The van der Waals surface area contributed by atoms with Crippen LogP contribution in [0.15, 0.2) is 30.3 Å². The topological polar surface area (TPSA) is 70.2 Å². The average Bonchev–Trinajstić information content (AvgIpc) is 2.44. The average molecular weight is 261 g/mol. The minimum atomic E-state index is -0.652. The van der Waals surface area contributed by atoms with Crippen LogP contribution in [0, 0.1) is 5.92 Å². The molecule has 0 spiro atoms. The maximum absolute atomic E-state index is 12.0. The lowest BCUT2D eigenvalue weighted by Gasteiger charge is -2.19. The molecule has 0 unspecified atom stereocenters. The fourth-order valence-corrected chi connectivity index (χ4v) is 2.07. The van der Waals surface area contributed by atoms with E-state index in [0.717, 1.165) is 18.7 Å². The van der Waals surface area contributed by atoms with Gasteiger partial charge < -0.3 is 16.0 Å². The molecule has 1 aromatic carbocycles. The molecule has 0 bridgehead atoms. The van der Waals surface area contributed by atoms with E-state index in [4.69, 9.17) is 0 Å². The molecule has 2 amide bonds. The Morgan fingerprint density at radius 1 is 0.895 bits per heavy atom. The smallest absolute Gasteiger partial charge is 0.232 e. The van der Waals surface area contributed by atoms with Crippen molar-refractivity contribution in [2.45, 2.75) is 6.42 Å². The van der Waals surface area contributed by atoms with Crippen molar-refractivity contribution in [3.63, 3.8) is 0 Å². The molecule has 1 fully saturated rings. The molecule has 0 aromatic heterocycles. The van der Waals surface area contributed by atoms with E-state index in [0.29, 0.717) is 19.5 Å². The zero-order valence-electron chi connectivity index (χ0n) is 10.8. The van der Waals surface area contributed by atoms with Crippen LogP contribution in [0.2, 0.25) is 0 Å². The Morgan fingerprint density at radius 3 is 2.05 bits per heavy atom. The minimum absolute atomic E-state index is 0.204. The zero-order chi connectivity index (χ0) is 13.5. The third kappa shape index (κ3) is 4.06. The van der Waals surface area contributed by atoms with E-state index in [1.54, 1.807) is 0 Å². The molecule has 2 rings (SSSR count). The lowest BCUT2D eigenvalue weighted by Crippen LogP contribution is -2.47. The molecule has 0 atom stereocenters. The molecule has 1 heterocycles. The number of benzene rings is 1. The second-order valence-corrected chi connectivity index (χ2v) is 4.57. The van der Waals surface area contributed by atoms with Crippen LogP contribution in [-0.4, -0.2) is 38.0 Å². The summed E-state index contributed by atoms with van der Waals surface area (Å²) in [6.07, 6.45) is 0.436. The standard InChI is InChI=1S/C14H19N3O2/c18-13-12(10-11-4-2-1-3-5-11)14(19)17-9-7-15-6-8-16-13/h1-5,12,15H,6-10H2,(H,16,18)(H,17,19). The fourth-order valence-electron chi connectivity index (χ4n) is 2.07. The van der Waals surface area contributed by atoms with Crippen LogP contribution in [-0.2, 0) is 16.0 Å². The van der Waals surface area contributed by atoms with Crippen molar-refractivity contribution in [1.29, 1.82) is 0 Å². The van der Waals surface area contributed by atoms with Gasteiger partial charge in [0.15, 0.2) is 0 Å². The summed E-state index contributed by atoms with van der Waals surface area (Å²) in [5, 5.41) is 8.71. The van der Waals surface area contributed by atoms with Crippen LogP contribution in [0.1, 0.15) is 5.56 Å². The monoisotopic (exact) mass is 261 g/mol. The molecule has 0 saturated carbocycles. The molecule has 1 aliphatic heterocycles. The van der Waals surface area contributed by atoms with Crippen molar-refractivity contribution in [2.24, 2.45) is 5.92 Å². The summed E-state index contributed by atoms with van der Waals surface area (Å²) in [5.74, 6) is -1.06. The number of carbonyl (C=O) groups excluding carboxylic acids is 2. The first-order valence-corrected chi connectivity index (χ1v) is 6.57. The Balaban J connectivity index is 2.07. The van der Waals surface area contributed by atoms with Gasteiger partial charge in [0.2, 0.25) is 11.8 Å². The van der Waals surface area contributed by atoms with E-state index in [1.807, 2.05) is 30.3 Å². The lowest BCUT2D eigenvalue weighted by molar-refractivity contribution is -0.135. The zero-order valence-corrected chi connectivity index (χ0v) is 10.8. The molecule has 19 heavy (non-hydrogen) atoms. The second-order valence-electron chi connectivity index (χ2n) is 4.57. The Morgan fingerprint density at radius 2 is 1.47 bits per heavy atom. The number of hydrogen-bond acceptors (Lipinski definition) is 3. The Kier molecular flexibility index (Phi) is 4.92. The van der Waals surface area contributed by atoms with Crippen molar-refractivity contribution in [3.8, 4) is 0 Å². The second kappa shape index (κ2) is 6.89. The number of hydrogen-bond donors (Lipinski definition) is 3. The number of rotatable bonds is 2. The predicted molar refractivity (Wildman–Crippen MR) is 72.5 cm³/mol. The first kappa shape index (κ1) is 13.5. The Labute approximate surface area is 112 Å². The van der Waals surface area contributed by atoms with Gasteiger partial charge in [0.05, 0.1) is 0 Å². The maximum Gasteiger partial charge on any atom is 0.232 e. The van der Waals surface area contributed by atoms with E-state index in [1.165, 1.54) is 0 Å². The van der Waals surface area contributed by atoms with Gasteiger partial charge in [-0.05, 0) is 12.0 Å². The van der Waals surface area contributed by atoms with Gasteiger partial charge in [-0.15, -0.1) is 0 Å². The van der Waals surface area contributed by atoms with Crippen molar-refractivity contribution < 1.29 is 9.59 Å². The third-order valence-corrected chi connectivity index (χ3v) is 3.12. The van der Waals surface area contributed by atoms with Gasteiger partial charge in [0.1, 0.15) is 5.92 Å². The van der Waals surface area contributed by atoms with Crippen molar-refractivity contribution in [2.75, 3.05) is 26.2 Å². The summed E-state index contributed by atoms with van der Waals surface area (Å²) >= 11 is 0. The normalized spacial score (nSPS) is 18.5. The highest BCUT2D eigenvalue weighted by atomic mass is 16.2. The molecular weight excluding hydrogens is 242 g/mol. The van der Waals surface area contributed by atoms with E-state index in [9.17, 15) is 9.59 Å². The van der Waals surface area contributed by atoms with E-state index in [-0.39, 0.29) is 11.8 Å². The van der Waals surface area contributed by atoms with E-state index < -0.39 is 5.92 Å². The summed E-state index contributed by atoms with van der Waals surface area (Å²) in [6.45, 7) is 2.55. The Hall–Kier alpha value is -1.88. The molecule has 1 aromatic rings. The predicted octanol–water partition coefficient (Wildman–Crippen LogP) is -0.319. The first-order valence-electron chi connectivity index (χ1n) is 6.57. The molecule has 1 aliphatic rings. The molecule has 5 heteroatoms. The van der Waals surface area contributed by atoms with Gasteiger partial charge >= 0.3 is 0 Å². The summed E-state index contributed by atoms with van der Waals surface area (Å²) in [7, 11) is 0. The van der Waals surface area contributed by atoms with Gasteiger partial charge in [-0.25, -0.2) is 0 Å². The van der Waals surface area contributed by atoms with Crippen molar-refractivity contribution >= 4 is 11.8 Å². The van der Waals surface area contributed by atoms with E-state index >= 15 is 0 Å². The van der Waals surface area contributed by atoms with E-state index in [2.05, 4.69) is 16.0 Å². The molecule has 3 N–H and O–H groups in total. The summed E-state index contributed by atoms with van der Waals surface area (Å²) in [4.78, 5) is 24.1. The summed E-state index contributed by atoms with van der Waals surface area (Å²) in [6, 6.07) is 9.61. The quantitative estimate of drug-likeness (QED) is 0.639. The third-order valence-electron chi connectivity index (χ3n) is 3.12. The number of carbonyl (C=O) groups is 2. The Bertz CT molecular complexity index is 414. The SMILES string of the molecule is O=C1NCCNCCNC(=O)C1Cc1ccccc1. The number of amides is 2. The molecule has 0 radical (unpaired) electrons. The van der Waals surface area contributed by atoms with Crippen LogP contribution in [0.5, 0.6) is 0 Å². The van der Waals surface area contributed by atoms with Gasteiger partial charge in [0.25, 0.3) is 0 Å². The highest BCUT2D eigenvalue weighted by Crippen LogP contribution is 2.09. The van der Waals surface area contributed by atoms with Crippen LogP contribution in [0.25, 0.3) is 0 Å². The lowest BCUT2D eigenvalue weighted by atomic mass is 9.97. The molecule has 0 aliphatic carbocycles. The fraction of sp³-hybridized carbons (Fsp3) is 0.429. The van der Waals surface area contributed by atoms with Crippen molar-refractivity contribution in [3.05, 3.63) is 35.9 Å². The van der Waals surface area contributed by atoms with Gasteiger partial charge in [-0.2, -0.15) is 0 Å². The van der Waals surface area contributed by atoms with Gasteiger partial charge in [0, 0.05) is 26.2 Å². The van der Waals surface area contributed by atoms with Gasteiger partial charge in [-0.1, -0.05) is 30.3 Å². The summed E-state index contributed by atoms with van der Waals surface area (Å²) < 4.78 is 0. The highest BCUT2D eigenvalue weighted by Gasteiger charge is 2.26. The number of nitrogens with one attached hydrogen (secondary N) is 3. The maximum atomic E-state index is 12.0. The van der Waals surface area contributed by atoms with Crippen LogP contribution < -0.4 is 16.0 Å². The van der Waals surface area contributed by atoms with Crippen molar-refractivity contribution in [1.82, 2.24) is 16.0 Å². The van der Waals surface area contributed by atoms with Crippen LogP contribution in [0.3, 0.4) is 0 Å². The minimum Gasteiger partial charge on any atom is -0.354 e. The summed E-state index contributed by atoms with van der Waals surface area (Å²) in [5.41, 5.74) is 0.994. The molecular formula is C14H19N3O2. The first-order chi connectivity index (χ1) is 9.27. The van der Waals surface area contributed by atoms with Gasteiger partial charge in [-0.3, -0.25) is 9.59 Å². The van der Waals surface area contributed by atoms with Crippen LogP contribution >= 0.6 is 0 Å². The molecule has 102 valence electrons. The largest absolute Gasteiger partial charge is 0.354 e. The molecule has 1 saturated heterocycles. The van der Waals surface area contributed by atoms with Crippen LogP contribution in [0.4, 0.5) is 0 Å².